The molecule has 1 aromatic heterocycles. The fraction of sp³-hybridized carbons (Fsp3) is 0.0870. The van der Waals surface area contributed by atoms with Gasteiger partial charge >= 0.3 is 6.18 Å². The van der Waals surface area contributed by atoms with Crippen LogP contribution in [-0.2, 0) is 22.7 Å². The maximum absolute atomic E-state index is 13.8. The summed E-state index contributed by atoms with van der Waals surface area (Å²) in [5.41, 5.74) is -1.48. The molecule has 0 spiro atoms. The summed E-state index contributed by atoms with van der Waals surface area (Å²) in [6.07, 6.45) is -4.43. The highest BCUT2D eigenvalue weighted by atomic mass is 32.2. The van der Waals surface area contributed by atoms with E-state index in [1.54, 1.807) is 30.3 Å². The van der Waals surface area contributed by atoms with E-state index < -0.39 is 34.1 Å². The van der Waals surface area contributed by atoms with Crippen LogP contribution in [0.25, 0.3) is 10.1 Å². The number of hydrogen-bond donors (Lipinski definition) is 0. The summed E-state index contributed by atoms with van der Waals surface area (Å²) in [6, 6.07) is 16.4. The van der Waals surface area contributed by atoms with Crippen LogP contribution in [0.15, 0.2) is 77.7 Å². The standard InChI is InChI=1S/C23H15F4NO3S2/c24-20-11-10-15(12-19(20)23(25,26)27)13-28(33(30,31)16-6-2-1-3-7-16)22-18(14-29)17-8-4-5-9-21(17)32-22/h1-12,14H,13H2. The summed E-state index contributed by atoms with van der Waals surface area (Å²) in [7, 11) is -4.28. The molecule has 33 heavy (non-hydrogen) atoms. The van der Waals surface area contributed by atoms with Crippen LogP contribution < -0.4 is 4.31 Å². The molecule has 0 saturated carbocycles. The van der Waals surface area contributed by atoms with Crippen molar-refractivity contribution in [2.45, 2.75) is 17.6 Å². The summed E-state index contributed by atoms with van der Waals surface area (Å²) in [5.74, 6) is -1.46. The largest absolute Gasteiger partial charge is 0.419 e. The SMILES string of the molecule is O=Cc1c(N(Cc2ccc(F)c(C(F)(F)F)c2)S(=O)(=O)c2ccccc2)sc2ccccc12. The van der Waals surface area contributed by atoms with Crippen molar-refractivity contribution in [3.8, 4) is 0 Å². The quantitative estimate of drug-likeness (QED) is 0.235. The number of hydrogen-bond acceptors (Lipinski definition) is 4. The monoisotopic (exact) mass is 493 g/mol. The van der Waals surface area contributed by atoms with E-state index in [1.807, 2.05) is 0 Å². The Morgan fingerprint density at radius 2 is 1.61 bits per heavy atom. The van der Waals surface area contributed by atoms with Crippen LogP contribution in [0.1, 0.15) is 21.5 Å². The summed E-state index contributed by atoms with van der Waals surface area (Å²) in [6.45, 7) is -0.533. The lowest BCUT2D eigenvalue weighted by molar-refractivity contribution is -0.140. The first-order chi connectivity index (χ1) is 15.6. The predicted octanol–water partition coefficient (Wildman–Crippen LogP) is 6.27. The molecule has 0 amide bonds. The second kappa shape index (κ2) is 8.60. The van der Waals surface area contributed by atoms with Crippen LogP contribution in [0.5, 0.6) is 0 Å². The Labute approximate surface area is 190 Å². The molecule has 3 aromatic carbocycles. The molecular weight excluding hydrogens is 478 g/mol. The van der Waals surface area contributed by atoms with E-state index in [0.29, 0.717) is 28.5 Å². The zero-order chi connectivity index (χ0) is 23.8. The number of anilines is 1. The third kappa shape index (κ3) is 4.36. The van der Waals surface area contributed by atoms with Gasteiger partial charge in [-0.1, -0.05) is 42.5 Å². The van der Waals surface area contributed by atoms with Gasteiger partial charge in [-0.15, -0.1) is 11.3 Å². The van der Waals surface area contributed by atoms with Gasteiger partial charge in [-0.05, 0) is 35.9 Å². The van der Waals surface area contributed by atoms with Gasteiger partial charge in [0.1, 0.15) is 10.8 Å². The Morgan fingerprint density at radius 3 is 2.27 bits per heavy atom. The Kier molecular flexibility index (Phi) is 5.98. The second-order valence-electron chi connectivity index (χ2n) is 7.07. The van der Waals surface area contributed by atoms with Gasteiger partial charge in [-0.3, -0.25) is 9.10 Å². The third-order valence-electron chi connectivity index (χ3n) is 4.95. The van der Waals surface area contributed by atoms with E-state index in [0.717, 1.165) is 21.7 Å². The summed E-state index contributed by atoms with van der Waals surface area (Å²) in [5, 5.41) is 0.587. The van der Waals surface area contributed by atoms with Crippen LogP contribution >= 0.6 is 11.3 Å². The van der Waals surface area contributed by atoms with Gasteiger partial charge in [-0.2, -0.15) is 13.2 Å². The van der Waals surface area contributed by atoms with Crippen LogP contribution in [0, 0.1) is 5.82 Å². The summed E-state index contributed by atoms with van der Waals surface area (Å²) < 4.78 is 82.1. The number of nitrogens with zero attached hydrogens (tertiary/aromatic N) is 1. The van der Waals surface area contributed by atoms with Crippen molar-refractivity contribution in [3.63, 3.8) is 0 Å². The molecule has 10 heteroatoms. The van der Waals surface area contributed by atoms with Gasteiger partial charge in [0.2, 0.25) is 0 Å². The van der Waals surface area contributed by atoms with Crippen LogP contribution in [-0.4, -0.2) is 14.7 Å². The molecule has 0 radical (unpaired) electrons. The zero-order valence-corrected chi connectivity index (χ0v) is 18.3. The number of benzene rings is 3. The molecule has 170 valence electrons. The number of rotatable bonds is 6. The number of alkyl halides is 3. The fourth-order valence-corrected chi connectivity index (χ4v) is 6.27. The van der Waals surface area contributed by atoms with Gasteiger partial charge in [0, 0.05) is 10.1 Å². The molecule has 0 bridgehead atoms. The number of halogens is 4. The molecule has 0 N–H and O–H groups in total. The lowest BCUT2D eigenvalue weighted by Crippen LogP contribution is -2.30. The first-order valence-electron chi connectivity index (χ1n) is 9.53. The van der Waals surface area contributed by atoms with E-state index in [9.17, 15) is 30.8 Å². The van der Waals surface area contributed by atoms with Gasteiger partial charge < -0.3 is 0 Å². The number of carbonyl (C=O) groups is 1. The molecule has 0 aliphatic heterocycles. The van der Waals surface area contributed by atoms with Crippen molar-refractivity contribution in [2.24, 2.45) is 0 Å². The molecule has 4 rings (SSSR count). The highest BCUT2D eigenvalue weighted by molar-refractivity contribution is 7.93. The minimum atomic E-state index is -4.95. The lowest BCUT2D eigenvalue weighted by atomic mass is 10.1. The molecule has 0 saturated heterocycles. The zero-order valence-electron chi connectivity index (χ0n) is 16.7. The number of thiophene rings is 1. The van der Waals surface area contributed by atoms with Crippen molar-refractivity contribution in [1.29, 1.82) is 0 Å². The average Bonchev–Trinajstić information content (AvgIpc) is 3.16. The molecular formula is C23H15F4NO3S2. The first-order valence-corrected chi connectivity index (χ1v) is 11.8. The molecule has 0 unspecified atom stereocenters. The van der Waals surface area contributed by atoms with E-state index in [-0.39, 0.29) is 21.0 Å². The highest BCUT2D eigenvalue weighted by Gasteiger charge is 2.35. The number of sulfonamides is 1. The van der Waals surface area contributed by atoms with Crippen molar-refractivity contribution in [2.75, 3.05) is 4.31 Å². The molecule has 1 heterocycles. The molecule has 0 fully saturated rings. The summed E-state index contributed by atoms with van der Waals surface area (Å²) in [4.78, 5) is 11.8. The molecule has 4 aromatic rings. The Bertz CT molecular complexity index is 1430. The normalized spacial score (nSPS) is 12.1. The van der Waals surface area contributed by atoms with Gasteiger partial charge in [-0.25, -0.2) is 12.8 Å². The number of carbonyl (C=O) groups excluding carboxylic acids is 1. The van der Waals surface area contributed by atoms with Crippen molar-refractivity contribution in [3.05, 3.63) is 95.3 Å². The van der Waals surface area contributed by atoms with E-state index in [1.165, 1.54) is 24.3 Å². The topological polar surface area (TPSA) is 54.5 Å². The first kappa shape index (κ1) is 22.9. The molecule has 0 aliphatic rings. The van der Waals surface area contributed by atoms with Crippen LogP contribution in [0.4, 0.5) is 22.6 Å². The predicted molar refractivity (Wildman–Crippen MR) is 118 cm³/mol. The summed E-state index contributed by atoms with van der Waals surface area (Å²) >= 11 is 1.03. The van der Waals surface area contributed by atoms with E-state index in [4.69, 9.17) is 0 Å². The van der Waals surface area contributed by atoms with Gasteiger partial charge in [0.25, 0.3) is 10.0 Å². The van der Waals surface area contributed by atoms with Crippen molar-refractivity contribution in [1.82, 2.24) is 0 Å². The number of aldehydes is 1. The van der Waals surface area contributed by atoms with Crippen molar-refractivity contribution < 1.29 is 30.8 Å². The average molecular weight is 494 g/mol. The van der Waals surface area contributed by atoms with E-state index in [2.05, 4.69) is 0 Å². The Balaban J connectivity index is 1.92. The number of fused-ring (bicyclic) bond motifs is 1. The minimum absolute atomic E-state index is 0.0629. The molecule has 0 aliphatic carbocycles. The Morgan fingerprint density at radius 1 is 0.939 bits per heavy atom. The van der Waals surface area contributed by atoms with Gasteiger partial charge in [0.15, 0.2) is 6.29 Å². The maximum atomic E-state index is 13.8. The fourth-order valence-electron chi connectivity index (χ4n) is 3.39. The lowest BCUT2D eigenvalue weighted by Gasteiger charge is -2.24. The van der Waals surface area contributed by atoms with Crippen LogP contribution in [0.2, 0.25) is 0 Å². The smallest absolute Gasteiger partial charge is 0.298 e. The highest BCUT2D eigenvalue weighted by Crippen LogP contribution is 2.41. The minimum Gasteiger partial charge on any atom is -0.298 e. The second-order valence-corrected chi connectivity index (χ2v) is 9.96. The van der Waals surface area contributed by atoms with E-state index >= 15 is 0 Å². The van der Waals surface area contributed by atoms with Crippen molar-refractivity contribution >= 4 is 42.7 Å². The molecule has 4 nitrogen and oxygen atoms in total. The van der Waals surface area contributed by atoms with Crippen LogP contribution in [0.3, 0.4) is 0 Å². The third-order valence-corrected chi connectivity index (χ3v) is 8.04. The Hall–Kier alpha value is -3.24. The maximum Gasteiger partial charge on any atom is 0.419 e. The molecule has 0 atom stereocenters. The van der Waals surface area contributed by atoms with Gasteiger partial charge in [0.05, 0.1) is 22.6 Å².